The lowest BCUT2D eigenvalue weighted by Crippen LogP contribution is -1.80. The minimum absolute atomic E-state index is 0.149. The van der Waals surface area contributed by atoms with Gasteiger partial charge in [-0.15, -0.1) is 0 Å². The third kappa shape index (κ3) is 4.34. The van der Waals surface area contributed by atoms with Crippen molar-refractivity contribution in [3.63, 3.8) is 0 Å². The number of benzene rings is 2. The fraction of sp³-hybridized carbons (Fsp3) is 0. The number of hydrogen-bond donors (Lipinski definition) is 3. The van der Waals surface area contributed by atoms with Gasteiger partial charge >= 0.3 is 0 Å². The van der Waals surface area contributed by atoms with Crippen molar-refractivity contribution in [2.24, 2.45) is 0 Å². The molecule has 0 aliphatic rings. The second kappa shape index (κ2) is 6.31. The molecule has 0 spiro atoms. The highest BCUT2D eigenvalue weighted by Gasteiger charge is 1.89. The molecule has 0 unspecified atom stereocenters. The molecule has 2 rings (SSSR count). The summed E-state index contributed by atoms with van der Waals surface area (Å²) in [5, 5.41) is 25.4. The van der Waals surface area contributed by atoms with Gasteiger partial charge in [0.05, 0.1) is 0 Å². The van der Waals surface area contributed by atoms with Crippen LogP contribution in [0.25, 0.3) is 0 Å². The average molecular weight is 220 g/mol. The van der Waals surface area contributed by atoms with E-state index in [1.54, 1.807) is 24.3 Å². The maximum Gasteiger partial charge on any atom is 0.165 e. The van der Waals surface area contributed by atoms with Crippen molar-refractivity contribution in [2.75, 3.05) is 0 Å². The van der Waals surface area contributed by atoms with Gasteiger partial charge in [-0.25, -0.2) is 5.26 Å². The summed E-state index contributed by atoms with van der Waals surface area (Å²) in [6.45, 7) is 0. The van der Waals surface area contributed by atoms with Crippen molar-refractivity contribution in [2.45, 2.75) is 0 Å². The average Bonchev–Trinajstić information content (AvgIpc) is 2.32. The van der Waals surface area contributed by atoms with E-state index >= 15 is 0 Å². The molecular weight excluding hydrogens is 208 g/mol. The largest absolute Gasteiger partial charge is 0.508 e. The maximum absolute atomic E-state index is 8.72. The molecule has 0 heterocycles. The molecule has 2 aromatic carbocycles. The van der Waals surface area contributed by atoms with Crippen LogP contribution >= 0.6 is 0 Å². The Morgan fingerprint density at radius 2 is 1.19 bits per heavy atom. The number of phenolic OH excluding ortho intramolecular Hbond substituents is 2. The second-order valence-corrected chi connectivity index (χ2v) is 2.92. The van der Waals surface area contributed by atoms with Gasteiger partial charge in [0.1, 0.15) is 11.5 Å². The minimum atomic E-state index is 0.149. The zero-order valence-electron chi connectivity index (χ0n) is 8.45. The molecule has 3 N–H and O–H groups in total. The smallest absolute Gasteiger partial charge is 0.165 e. The Kier molecular flexibility index (Phi) is 4.69. The van der Waals surface area contributed by atoms with Crippen LogP contribution in [0.2, 0.25) is 0 Å². The molecule has 0 saturated carbocycles. The monoisotopic (exact) mass is 220 g/mol. The zero-order valence-corrected chi connectivity index (χ0v) is 8.45. The first-order chi connectivity index (χ1) is 7.72. The van der Waals surface area contributed by atoms with Gasteiger partial charge in [-0.05, 0) is 36.4 Å². The van der Waals surface area contributed by atoms with E-state index in [1.165, 1.54) is 24.3 Å². The molecule has 0 aromatic heterocycles. The Bertz CT molecular complexity index is 397. The standard InChI is InChI=1S/C6H6O3.C6H6O/c7-5-1-3-6(9-8)4-2-5;7-6-4-2-1-3-5-6/h1-4,7-8H;1-5,7H. The van der Waals surface area contributed by atoms with Gasteiger partial charge in [-0.3, -0.25) is 0 Å². The van der Waals surface area contributed by atoms with Crippen molar-refractivity contribution in [3.8, 4) is 17.2 Å². The van der Waals surface area contributed by atoms with Gasteiger partial charge < -0.3 is 15.1 Å². The Labute approximate surface area is 92.9 Å². The van der Waals surface area contributed by atoms with Crippen molar-refractivity contribution in [1.82, 2.24) is 0 Å². The first kappa shape index (κ1) is 11.9. The quantitative estimate of drug-likeness (QED) is 0.510. The summed E-state index contributed by atoms with van der Waals surface area (Å²) < 4.78 is 0. The Hall–Kier alpha value is -2.20. The molecule has 16 heavy (non-hydrogen) atoms. The summed E-state index contributed by atoms with van der Waals surface area (Å²) in [6, 6.07) is 14.5. The first-order valence-electron chi connectivity index (χ1n) is 4.57. The molecule has 0 radical (unpaired) electrons. The van der Waals surface area contributed by atoms with Gasteiger partial charge in [-0.2, -0.15) is 0 Å². The Balaban J connectivity index is 0.000000165. The fourth-order valence-electron chi connectivity index (χ4n) is 0.935. The number of hydrogen-bond acceptors (Lipinski definition) is 4. The van der Waals surface area contributed by atoms with E-state index in [0.717, 1.165) is 0 Å². The second-order valence-electron chi connectivity index (χ2n) is 2.92. The lowest BCUT2D eigenvalue weighted by Gasteiger charge is -1.93. The normalized spacial score (nSPS) is 8.81. The van der Waals surface area contributed by atoms with Crippen LogP contribution in [-0.2, 0) is 0 Å². The SMILES string of the molecule is OOc1ccc(O)cc1.Oc1ccccc1. The molecule has 2 aromatic rings. The molecule has 0 fully saturated rings. The van der Waals surface area contributed by atoms with Crippen LogP contribution in [0, 0.1) is 0 Å². The van der Waals surface area contributed by atoms with Crippen LogP contribution in [-0.4, -0.2) is 15.5 Å². The van der Waals surface area contributed by atoms with Crippen molar-refractivity contribution in [1.29, 1.82) is 0 Å². The van der Waals surface area contributed by atoms with Crippen molar-refractivity contribution < 1.29 is 20.4 Å². The van der Waals surface area contributed by atoms with Crippen LogP contribution in [0.1, 0.15) is 0 Å². The van der Waals surface area contributed by atoms with E-state index in [9.17, 15) is 0 Å². The van der Waals surface area contributed by atoms with Gasteiger partial charge in [0, 0.05) is 0 Å². The van der Waals surface area contributed by atoms with Crippen LogP contribution in [0.4, 0.5) is 0 Å². The molecule has 0 bridgehead atoms. The van der Waals surface area contributed by atoms with Gasteiger partial charge in [0.2, 0.25) is 0 Å². The lowest BCUT2D eigenvalue weighted by molar-refractivity contribution is -0.137. The molecule has 4 heteroatoms. The van der Waals surface area contributed by atoms with E-state index in [1.807, 2.05) is 6.07 Å². The van der Waals surface area contributed by atoms with E-state index in [0.29, 0.717) is 11.5 Å². The summed E-state index contributed by atoms with van der Waals surface area (Å²) in [4.78, 5) is 3.86. The summed E-state index contributed by atoms with van der Waals surface area (Å²) >= 11 is 0. The molecule has 4 nitrogen and oxygen atoms in total. The molecule has 0 amide bonds. The van der Waals surface area contributed by atoms with Gasteiger partial charge in [-0.1, -0.05) is 18.2 Å². The number of phenols is 2. The van der Waals surface area contributed by atoms with Crippen LogP contribution in [0.3, 0.4) is 0 Å². The molecule has 84 valence electrons. The van der Waals surface area contributed by atoms with Crippen LogP contribution in [0.15, 0.2) is 54.6 Å². The first-order valence-corrected chi connectivity index (χ1v) is 4.57. The predicted molar refractivity (Wildman–Crippen MR) is 59.5 cm³/mol. The minimum Gasteiger partial charge on any atom is -0.508 e. The van der Waals surface area contributed by atoms with Gasteiger partial charge in [0.15, 0.2) is 5.75 Å². The molecule has 0 atom stereocenters. The topological polar surface area (TPSA) is 69.9 Å². The highest BCUT2D eigenvalue weighted by Crippen LogP contribution is 2.14. The van der Waals surface area contributed by atoms with Crippen LogP contribution < -0.4 is 4.89 Å². The highest BCUT2D eigenvalue weighted by molar-refractivity contribution is 5.29. The van der Waals surface area contributed by atoms with E-state index in [-0.39, 0.29) is 5.75 Å². The van der Waals surface area contributed by atoms with E-state index in [2.05, 4.69) is 4.89 Å². The third-order valence-electron chi connectivity index (χ3n) is 1.70. The van der Waals surface area contributed by atoms with Crippen molar-refractivity contribution in [3.05, 3.63) is 54.6 Å². The molecule has 0 saturated heterocycles. The number of aromatic hydroxyl groups is 2. The zero-order chi connectivity index (χ0) is 11.8. The Morgan fingerprint density at radius 1 is 0.688 bits per heavy atom. The van der Waals surface area contributed by atoms with Crippen molar-refractivity contribution >= 4 is 0 Å². The lowest BCUT2D eigenvalue weighted by atomic mass is 10.3. The predicted octanol–water partition coefficient (Wildman–Crippen LogP) is 2.64. The van der Waals surface area contributed by atoms with Crippen LogP contribution in [0.5, 0.6) is 17.2 Å². The number of rotatable bonds is 1. The summed E-state index contributed by atoms with van der Waals surface area (Å²) in [7, 11) is 0. The molecule has 0 aliphatic carbocycles. The molecular formula is C12H12O4. The van der Waals surface area contributed by atoms with E-state index < -0.39 is 0 Å². The summed E-state index contributed by atoms with van der Waals surface area (Å²) in [5.74, 6) is 0.783. The van der Waals surface area contributed by atoms with Gasteiger partial charge in [0.25, 0.3) is 0 Å². The molecule has 0 aliphatic heterocycles. The fourth-order valence-corrected chi connectivity index (χ4v) is 0.935. The maximum atomic E-state index is 8.72. The summed E-state index contributed by atoms with van der Waals surface area (Å²) in [6.07, 6.45) is 0. The highest BCUT2D eigenvalue weighted by atomic mass is 17.1. The third-order valence-corrected chi connectivity index (χ3v) is 1.70. The van der Waals surface area contributed by atoms with E-state index in [4.69, 9.17) is 15.5 Å². The Morgan fingerprint density at radius 3 is 1.56 bits per heavy atom. The summed E-state index contributed by atoms with van der Waals surface area (Å²) in [5.41, 5.74) is 0. The number of para-hydroxylation sites is 1.